The zero-order chi connectivity index (χ0) is 25.3. The van der Waals surface area contributed by atoms with E-state index in [1.807, 2.05) is 30.5 Å². The second-order valence-electron chi connectivity index (χ2n) is 8.39. The summed E-state index contributed by atoms with van der Waals surface area (Å²) in [4.78, 5) is 21.1. The molecule has 0 aromatic rings. The van der Waals surface area contributed by atoms with E-state index in [1.165, 1.54) is 19.3 Å². The molecule has 0 amide bonds. The van der Waals surface area contributed by atoms with E-state index in [9.17, 15) is 0 Å². The number of aliphatic imine (C=N–C) groups is 4. The fraction of sp³-hybridized carbons (Fsp3) is 0.448. The first-order chi connectivity index (χ1) is 17.1. The average molecular weight is 492 g/mol. The van der Waals surface area contributed by atoms with Crippen molar-refractivity contribution in [1.29, 1.82) is 0 Å². The van der Waals surface area contributed by atoms with Crippen LogP contribution in [0.4, 0.5) is 0 Å². The molecular weight excluding hydrogens is 450 g/mol. The fourth-order valence-corrected chi connectivity index (χ4v) is 4.41. The summed E-state index contributed by atoms with van der Waals surface area (Å²) in [7, 11) is 0. The highest BCUT2D eigenvalue weighted by Gasteiger charge is 2.19. The third-order valence-electron chi connectivity index (χ3n) is 5.50. The van der Waals surface area contributed by atoms with Gasteiger partial charge in [-0.2, -0.15) is 0 Å². The lowest BCUT2D eigenvalue weighted by Crippen LogP contribution is -2.34. The van der Waals surface area contributed by atoms with Gasteiger partial charge in [-0.15, -0.1) is 6.58 Å². The molecule has 0 N–H and O–H groups in total. The summed E-state index contributed by atoms with van der Waals surface area (Å²) in [5.74, 6) is 1.05. The summed E-state index contributed by atoms with van der Waals surface area (Å²) >= 11 is 1.71. The molecule has 5 nitrogen and oxygen atoms in total. The largest absolute Gasteiger partial charge is 0.357 e. The SMILES string of the molecule is C=CC/C=C(\N=C1\CN=C(/C=C/N=C(\C=CCC)N2CCCCC2)SC1C)C(=C)/C=N\C=C/CC. The molecule has 1 unspecified atom stereocenters. The lowest BCUT2D eigenvalue weighted by molar-refractivity contribution is 0.343. The summed E-state index contributed by atoms with van der Waals surface area (Å²) in [6, 6.07) is 0. The van der Waals surface area contributed by atoms with Crippen LogP contribution in [0.1, 0.15) is 59.3 Å². The van der Waals surface area contributed by atoms with Crippen LogP contribution >= 0.6 is 11.8 Å². The Kier molecular flexibility index (Phi) is 13.7. The Bertz CT molecular complexity index is 940. The van der Waals surface area contributed by atoms with Gasteiger partial charge in [0.2, 0.25) is 0 Å². The molecule has 0 saturated carbocycles. The first-order valence-corrected chi connectivity index (χ1v) is 13.6. The molecule has 0 spiro atoms. The highest BCUT2D eigenvalue weighted by Crippen LogP contribution is 2.23. The van der Waals surface area contributed by atoms with Gasteiger partial charge in [0, 0.05) is 42.5 Å². The van der Waals surface area contributed by atoms with Crippen LogP contribution in [0.5, 0.6) is 0 Å². The summed E-state index contributed by atoms with van der Waals surface area (Å²) < 4.78 is 0. The van der Waals surface area contributed by atoms with Crippen molar-refractivity contribution in [2.24, 2.45) is 20.0 Å². The normalized spacial score (nSPS) is 21.7. The second kappa shape index (κ2) is 16.8. The molecule has 0 bridgehead atoms. The van der Waals surface area contributed by atoms with Gasteiger partial charge < -0.3 is 4.90 Å². The number of hydrogen-bond donors (Lipinski definition) is 0. The van der Waals surface area contributed by atoms with Gasteiger partial charge in [-0.05, 0) is 57.6 Å². The quantitative estimate of drug-likeness (QED) is 0.131. The van der Waals surface area contributed by atoms with E-state index in [0.29, 0.717) is 6.54 Å². The summed E-state index contributed by atoms with van der Waals surface area (Å²) in [6.07, 6.45) is 24.2. The molecule has 0 radical (unpaired) electrons. The van der Waals surface area contributed by atoms with Crippen LogP contribution in [0.3, 0.4) is 0 Å². The lowest BCUT2D eigenvalue weighted by atomic mass is 10.1. The van der Waals surface area contributed by atoms with Crippen LogP contribution < -0.4 is 0 Å². The van der Waals surface area contributed by atoms with Gasteiger partial charge in [0.25, 0.3) is 0 Å². The van der Waals surface area contributed by atoms with Crippen molar-refractivity contribution in [1.82, 2.24) is 4.90 Å². The number of nitrogens with zero attached hydrogens (tertiary/aromatic N) is 5. The van der Waals surface area contributed by atoms with Crippen molar-refractivity contribution in [3.8, 4) is 0 Å². The molecule has 2 rings (SSSR count). The minimum Gasteiger partial charge on any atom is -0.357 e. The van der Waals surface area contributed by atoms with E-state index in [0.717, 1.165) is 60.2 Å². The molecule has 0 aromatic heterocycles. The summed E-state index contributed by atoms with van der Waals surface area (Å²) in [6.45, 7) is 17.1. The Morgan fingerprint density at radius 1 is 1.14 bits per heavy atom. The van der Waals surface area contributed by atoms with Crippen molar-refractivity contribution in [3.63, 3.8) is 0 Å². The number of amidine groups is 1. The Balaban J connectivity index is 2.12. The number of piperidine rings is 1. The summed E-state index contributed by atoms with van der Waals surface area (Å²) in [5.41, 5.74) is 2.64. The van der Waals surface area contributed by atoms with E-state index in [1.54, 1.807) is 24.2 Å². The number of allylic oxidation sites excluding steroid dienone is 5. The highest BCUT2D eigenvalue weighted by molar-refractivity contribution is 8.15. The van der Waals surface area contributed by atoms with Crippen LogP contribution in [0.2, 0.25) is 0 Å². The Morgan fingerprint density at radius 2 is 1.91 bits per heavy atom. The third kappa shape index (κ3) is 10.6. The number of rotatable bonds is 11. The Morgan fingerprint density at radius 3 is 2.60 bits per heavy atom. The van der Waals surface area contributed by atoms with Crippen molar-refractivity contribution in [3.05, 3.63) is 73.3 Å². The maximum Gasteiger partial charge on any atom is 0.128 e. The standard InChI is InChI=1S/C29H41N5S/c1-6-9-15-26(24(4)22-30-18-11-8-3)33-27-23-32-29(35-25(27)5)17-19-31-28(16-10-7-2)34-20-13-12-14-21-34/h6,10-11,15-19,22,25H,1,4,7-9,12-14,20-21,23H2,2-3,5H3/b16-10?,18-11-,19-17+,26-15-,30-22-,31-28+,33-27-. The van der Waals surface area contributed by atoms with Crippen molar-refractivity contribution >= 4 is 34.6 Å². The van der Waals surface area contributed by atoms with Crippen LogP contribution in [0.15, 0.2) is 93.3 Å². The topological polar surface area (TPSA) is 52.7 Å². The maximum absolute atomic E-state index is 4.91. The van der Waals surface area contributed by atoms with Crippen molar-refractivity contribution in [2.75, 3.05) is 19.6 Å². The molecule has 2 aliphatic rings. The van der Waals surface area contributed by atoms with Crippen molar-refractivity contribution < 1.29 is 0 Å². The van der Waals surface area contributed by atoms with Gasteiger partial charge in [-0.3, -0.25) is 15.0 Å². The van der Waals surface area contributed by atoms with Crippen LogP contribution in [0.25, 0.3) is 0 Å². The number of thioether (sulfide) groups is 1. The van der Waals surface area contributed by atoms with Crippen LogP contribution in [0, 0.1) is 0 Å². The van der Waals surface area contributed by atoms with E-state index >= 15 is 0 Å². The van der Waals surface area contributed by atoms with Crippen molar-refractivity contribution in [2.45, 2.75) is 64.5 Å². The lowest BCUT2D eigenvalue weighted by Gasteiger charge is -2.28. The van der Waals surface area contributed by atoms with E-state index in [4.69, 9.17) is 15.0 Å². The zero-order valence-corrected chi connectivity index (χ0v) is 22.5. The third-order valence-corrected chi connectivity index (χ3v) is 6.63. The Hall–Kier alpha value is -2.73. The van der Waals surface area contributed by atoms with E-state index in [2.05, 4.69) is 56.0 Å². The van der Waals surface area contributed by atoms with E-state index in [-0.39, 0.29) is 5.25 Å². The Labute approximate surface area is 216 Å². The molecule has 2 aliphatic heterocycles. The van der Waals surface area contributed by atoms with Gasteiger partial charge in [0.05, 0.1) is 23.0 Å². The second-order valence-corrected chi connectivity index (χ2v) is 9.75. The molecule has 1 atom stereocenters. The molecule has 1 saturated heterocycles. The minimum atomic E-state index is 0.217. The predicted molar refractivity (Wildman–Crippen MR) is 158 cm³/mol. The highest BCUT2D eigenvalue weighted by atomic mass is 32.2. The monoisotopic (exact) mass is 491 g/mol. The molecule has 188 valence electrons. The van der Waals surface area contributed by atoms with Crippen LogP contribution in [-0.2, 0) is 0 Å². The zero-order valence-electron chi connectivity index (χ0n) is 21.7. The fourth-order valence-electron chi connectivity index (χ4n) is 3.51. The van der Waals surface area contributed by atoms with Gasteiger partial charge in [0.15, 0.2) is 0 Å². The minimum absolute atomic E-state index is 0.217. The predicted octanol–water partition coefficient (Wildman–Crippen LogP) is 7.34. The smallest absolute Gasteiger partial charge is 0.128 e. The molecule has 2 heterocycles. The molecule has 1 fully saturated rings. The first kappa shape index (κ1) is 28.5. The number of likely N-dealkylation sites (tertiary alicyclic amines) is 1. The molecule has 0 aromatic carbocycles. The van der Waals surface area contributed by atoms with Gasteiger partial charge in [-0.1, -0.05) is 56.5 Å². The van der Waals surface area contributed by atoms with Gasteiger partial charge >= 0.3 is 0 Å². The first-order valence-electron chi connectivity index (χ1n) is 12.7. The summed E-state index contributed by atoms with van der Waals surface area (Å²) in [5, 5.41) is 1.20. The van der Waals surface area contributed by atoms with Gasteiger partial charge in [-0.25, -0.2) is 4.99 Å². The van der Waals surface area contributed by atoms with Gasteiger partial charge in [0.1, 0.15) is 5.84 Å². The molecule has 0 aliphatic carbocycles. The van der Waals surface area contributed by atoms with Crippen LogP contribution in [-0.4, -0.2) is 52.6 Å². The molecule has 35 heavy (non-hydrogen) atoms. The molecular formula is C29H41N5S. The number of hydrogen-bond acceptors (Lipinski definition) is 5. The van der Waals surface area contributed by atoms with E-state index < -0.39 is 0 Å². The molecule has 6 heteroatoms. The average Bonchev–Trinajstić information content (AvgIpc) is 2.88. The maximum atomic E-state index is 4.91.